The molecule has 1 aliphatic heterocycles. The van der Waals surface area contributed by atoms with Gasteiger partial charge in [0.05, 0.1) is 0 Å². The summed E-state index contributed by atoms with van der Waals surface area (Å²) in [6, 6.07) is 10.7. The van der Waals surface area contributed by atoms with E-state index in [0.29, 0.717) is 5.92 Å². The number of rotatable bonds is 3. The van der Waals surface area contributed by atoms with Gasteiger partial charge in [-0.25, -0.2) is 4.79 Å². The number of likely N-dealkylation sites (N-methyl/N-ethyl adjacent to an activating group) is 1. The number of benzene rings is 1. The van der Waals surface area contributed by atoms with Gasteiger partial charge in [0.1, 0.15) is 5.60 Å². The standard InChI is InChI=1S/C18H28N2O2/c1-18(2,3)22-17(21)19-16-11-15(12-20(4)13-16)10-14-8-6-5-7-9-14/h5-9,15-16H,10-13H2,1-4H3,(H,19,21). The molecule has 2 unspecified atom stereocenters. The number of alkyl carbamates (subject to hydrolysis) is 1. The van der Waals surface area contributed by atoms with Crippen molar-refractivity contribution in [2.45, 2.75) is 45.3 Å². The maximum atomic E-state index is 11.9. The number of hydrogen-bond acceptors (Lipinski definition) is 3. The zero-order valence-corrected chi connectivity index (χ0v) is 14.1. The molecule has 1 amide bonds. The number of nitrogens with zero attached hydrogens (tertiary/aromatic N) is 1. The van der Waals surface area contributed by atoms with Crippen LogP contribution in [0.3, 0.4) is 0 Å². The Kier molecular flexibility index (Phi) is 5.46. The van der Waals surface area contributed by atoms with Crippen molar-refractivity contribution in [3.8, 4) is 0 Å². The van der Waals surface area contributed by atoms with E-state index in [2.05, 4.69) is 41.5 Å². The van der Waals surface area contributed by atoms with Gasteiger partial charge >= 0.3 is 6.09 Å². The normalized spacial score (nSPS) is 23.1. The summed E-state index contributed by atoms with van der Waals surface area (Å²) in [5, 5.41) is 3.02. The molecule has 1 aromatic carbocycles. The molecule has 1 saturated heterocycles. The summed E-state index contributed by atoms with van der Waals surface area (Å²) in [7, 11) is 2.11. The predicted molar refractivity (Wildman–Crippen MR) is 88.9 cm³/mol. The minimum atomic E-state index is -0.450. The third kappa shape index (κ3) is 5.68. The van der Waals surface area contributed by atoms with Gasteiger partial charge in [0, 0.05) is 19.1 Å². The molecule has 1 aromatic rings. The first-order valence-electron chi connectivity index (χ1n) is 8.04. The Morgan fingerprint density at radius 2 is 1.95 bits per heavy atom. The third-order valence-electron chi connectivity index (χ3n) is 3.81. The van der Waals surface area contributed by atoms with Crippen LogP contribution in [0.15, 0.2) is 30.3 Å². The molecule has 0 bridgehead atoms. The first-order chi connectivity index (χ1) is 10.3. The molecule has 0 saturated carbocycles. The maximum absolute atomic E-state index is 11.9. The summed E-state index contributed by atoms with van der Waals surface area (Å²) in [6.07, 6.45) is 1.74. The highest BCUT2D eigenvalue weighted by molar-refractivity contribution is 5.68. The maximum Gasteiger partial charge on any atom is 0.407 e. The van der Waals surface area contributed by atoms with E-state index >= 15 is 0 Å². The highest BCUT2D eigenvalue weighted by atomic mass is 16.6. The van der Waals surface area contributed by atoms with Crippen LogP contribution in [0.4, 0.5) is 4.79 Å². The molecule has 4 heteroatoms. The summed E-state index contributed by atoms with van der Waals surface area (Å²) in [5.41, 5.74) is 0.910. The van der Waals surface area contributed by atoms with E-state index in [1.165, 1.54) is 5.56 Å². The zero-order valence-electron chi connectivity index (χ0n) is 14.1. The van der Waals surface area contributed by atoms with Gasteiger partial charge in [-0.2, -0.15) is 0 Å². The number of piperidine rings is 1. The van der Waals surface area contributed by atoms with Crippen molar-refractivity contribution in [3.63, 3.8) is 0 Å². The molecule has 2 atom stereocenters. The lowest BCUT2D eigenvalue weighted by Crippen LogP contribution is -2.50. The number of nitrogens with one attached hydrogen (secondary N) is 1. The number of hydrogen-bond donors (Lipinski definition) is 1. The number of ether oxygens (including phenoxy) is 1. The van der Waals surface area contributed by atoms with Gasteiger partial charge in [0.2, 0.25) is 0 Å². The molecular formula is C18H28N2O2. The Hall–Kier alpha value is -1.55. The van der Waals surface area contributed by atoms with Crippen molar-refractivity contribution in [1.29, 1.82) is 0 Å². The predicted octanol–water partition coefficient (Wildman–Crippen LogP) is 3.07. The van der Waals surface area contributed by atoms with Gasteiger partial charge < -0.3 is 15.0 Å². The fourth-order valence-corrected chi connectivity index (χ4v) is 3.12. The number of carbonyl (C=O) groups is 1. The molecule has 122 valence electrons. The van der Waals surface area contributed by atoms with Crippen LogP contribution in [0.1, 0.15) is 32.8 Å². The summed E-state index contributed by atoms with van der Waals surface area (Å²) < 4.78 is 5.36. The fraction of sp³-hybridized carbons (Fsp3) is 0.611. The molecular weight excluding hydrogens is 276 g/mol. The van der Waals surface area contributed by atoms with Gasteiger partial charge in [-0.15, -0.1) is 0 Å². The Balaban J connectivity index is 1.89. The molecule has 2 rings (SSSR count). The van der Waals surface area contributed by atoms with E-state index in [1.54, 1.807) is 0 Å². The van der Waals surface area contributed by atoms with Crippen LogP contribution in [-0.2, 0) is 11.2 Å². The second kappa shape index (κ2) is 7.14. The topological polar surface area (TPSA) is 41.6 Å². The molecule has 1 fully saturated rings. The van der Waals surface area contributed by atoms with Gasteiger partial charge in [0.25, 0.3) is 0 Å². The van der Waals surface area contributed by atoms with Crippen LogP contribution in [0.2, 0.25) is 0 Å². The van der Waals surface area contributed by atoms with Crippen LogP contribution >= 0.6 is 0 Å². The van der Waals surface area contributed by atoms with E-state index in [0.717, 1.165) is 25.9 Å². The highest BCUT2D eigenvalue weighted by Gasteiger charge is 2.28. The van der Waals surface area contributed by atoms with Crippen molar-refractivity contribution in [3.05, 3.63) is 35.9 Å². The van der Waals surface area contributed by atoms with E-state index in [-0.39, 0.29) is 12.1 Å². The average molecular weight is 304 g/mol. The second-order valence-corrected chi connectivity index (χ2v) is 7.36. The summed E-state index contributed by atoms with van der Waals surface area (Å²) in [4.78, 5) is 14.2. The quantitative estimate of drug-likeness (QED) is 0.933. The first kappa shape index (κ1) is 16.8. The van der Waals surface area contributed by atoms with Gasteiger partial charge in [-0.05, 0) is 52.1 Å². The van der Waals surface area contributed by atoms with E-state index in [4.69, 9.17) is 4.74 Å². The van der Waals surface area contributed by atoms with Gasteiger partial charge in [-0.1, -0.05) is 30.3 Å². The SMILES string of the molecule is CN1CC(Cc2ccccc2)CC(NC(=O)OC(C)(C)C)C1. The Morgan fingerprint density at radius 1 is 1.27 bits per heavy atom. The average Bonchev–Trinajstić information content (AvgIpc) is 2.36. The molecule has 1 aliphatic rings. The van der Waals surface area contributed by atoms with Gasteiger partial charge in [-0.3, -0.25) is 0 Å². The zero-order chi connectivity index (χ0) is 16.2. The fourth-order valence-electron chi connectivity index (χ4n) is 3.12. The van der Waals surface area contributed by atoms with Gasteiger partial charge in [0.15, 0.2) is 0 Å². The monoisotopic (exact) mass is 304 g/mol. The number of carbonyl (C=O) groups excluding carboxylic acids is 1. The molecule has 0 spiro atoms. The molecule has 0 aliphatic carbocycles. The van der Waals surface area contributed by atoms with Crippen LogP contribution in [0.25, 0.3) is 0 Å². The van der Waals surface area contributed by atoms with Crippen molar-refractivity contribution in [2.24, 2.45) is 5.92 Å². The molecule has 0 aromatic heterocycles. The molecule has 22 heavy (non-hydrogen) atoms. The minimum Gasteiger partial charge on any atom is -0.444 e. The van der Waals surface area contributed by atoms with Crippen LogP contribution in [0.5, 0.6) is 0 Å². The third-order valence-corrected chi connectivity index (χ3v) is 3.81. The Labute approximate surface area is 133 Å². The lowest BCUT2D eigenvalue weighted by molar-refractivity contribution is 0.0461. The Bertz CT molecular complexity index is 482. The van der Waals surface area contributed by atoms with Crippen LogP contribution in [-0.4, -0.2) is 42.8 Å². The highest BCUT2D eigenvalue weighted by Crippen LogP contribution is 2.21. The van der Waals surface area contributed by atoms with E-state index in [9.17, 15) is 4.79 Å². The van der Waals surface area contributed by atoms with Crippen LogP contribution in [0, 0.1) is 5.92 Å². The number of likely N-dealkylation sites (tertiary alicyclic amines) is 1. The Morgan fingerprint density at radius 3 is 2.59 bits per heavy atom. The summed E-state index contributed by atoms with van der Waals surface area (Å²) in [6.45, 7) is 7.61. The molecule has 1 N–H and O–H groups in total. The molecule has 1 heterocycles. The lowest BCUT2D eigenvalue weighted by Gasteiger charge is -2.36. The smallest absolute Gasteiger partial charge is 0.407 e. The lowest BCUT2D eigenvalue weighted by atomic mass is 9.89. The van der Waals surface area contributed by atoms with Crippen molar-refractivity contribution in [1.82, 2.24) is 10.2 Å². The van der Waals surface area contributed by atoms with E-state index in [1.807, 2.05) is 26.8 Å². The van der Waals surface area contributed by atoms with Crippen molar-refractivity contribution >= 4 is 6.09 Å². The summed E-state index contributed by atoms with van der Waals surface area (Å²) in [5.74, 6) is 0.557. The first-order valence-corrected chi connectivity index (χ1v) is 8.04. The largest absolute Gasteiger partial charge is 0.444 e. The number of amides is 1. The van der Waals surface area contributed by atoms with Crippen LogP contribution < -0.4 is 5.32 Å². The minimum absolute atomic E-state index is 0.155. The second-order valence-electron chi connectivity index (χ2n) is 7.36. The van der Waals surface area contributed by atoms with Crippen molar-refractivity contribution in [2.75, 3.05) is 20.1 Å². The molecule has 4 nitrogen and oxygen atoms in total. The van der Waals surface area contributed by atoms with E-state index < -0.39 is 5.60 Å². The molecule has 0 radical (unpaired) electrons. The van der Waals surface area contributed by atoms with Crippen molar-refractivity contribution < 1.29 is 9.53 Å². The summed E-state index contributed by atoms with van der Waals surface area (Å²) >= 11 is 0.